The normalized spacial score (nSPS) is 8.85. The third-order valence-corrected chi connectivity index (χ3v) is 1.88. The Morgan fingerprint density at radius 2 is 2.15 bits per heavy atom. The van der Waals surface area contributed by atoms with E-state index in [1.807, 2.05) is 18.2 Å². The quantitative estimate of drug-likeness (QED) is 0.638. The van der Waals surface area contributed by atoms with Crippen molar-refractivity contribution in [2.75, 3.05) is 0 Å². The molecule has 64 valence electrons. The minimum Gasteiger partial charge on any atom is -0.192 e. The third kappa shape index (κ3) is 1.86. The number of rotatable bonds is 3. The van der Waals surface area contributed by atoms with Crippen molar-refractivity contribution in [1.29, 1.82) is 5.26 Å². The smallest absolute Gasteiger partial charge is 0.100 e. The second-order valence-corrected chi connectivity index (χ2v) is 2.69. The predicted molar refractivity (Wildman–Crippen MR) is 55.1 cm³/mol. The summed E-state index contributed by atoms with van der Waals surface area (Å²) in [6, 6.07) is 7.93. The fourth-order valence-electron chi connectivity index (χ4n) is 1.25. The van der Waals surface area contributed by atoms with Crippen LogP contribution in [0.4, 0.5) is 0 Å². The molecular formula is C12H11N. The Bertz CT molecular complexity index is 369. The molecule has 1 aromatic carbocycles. The summed E-state index contributed by atoms with van der Waals surface area (Å²) in [7, 11) is 0. The van der Waals surface area contributed by atoms with E-state index < -0.39 is 0 Å². The van der Waals surface area contributed by atoms with Gasteiger partial charge < -0.3 is 0 Å². The topological polar surface area (TPSA) is 23.8 Å². The van der Waals surface area contributed by atoms with Crippen LogP contribution in [0.15, 0.2) is 37.4 Å². The molecule has 1 heteroatoms. The van der Waals surface area contributed by atoms with Gasteiger partial charge in [0.1, 0.15) is 6.07 Å². The number of allylic oxidation sites excluding steroid dienone is 1. The molecule has 0 aromatic heterocycles. The fourth-order valence-corrected chi connectivity index (χ4v) is 1.25. The highest BCUT2D eigenvalue weighted by Gasteiger charge is 2.02. The molecule has 1 rings (SSSR count). The van der Waals surface area contributed by atoms with Crippen LogP contribution < -0.4 is 0 Å². The van der Waals surface area contributed by atoms with Crippen LogP contribution in [-0.4, -0.2) is 0 Å². The highest BCUT2D eigenvalue weighted by Crippen LogP contribution is 2.15. The predicted octanol–water partition coefficient (Wildman–Crippen LogP) is 2.93. The van der Waals surface area contributed by atoms with Crippen molar-refractivity contribution in [3.05, 3.63) is 54.1 Å². The lowest BCUT2D eigenvalue weighted by Crippen LogP contribution is -1.90. The van der Waals surface area contributed by atoms with Crippen molar-refractivity contribution in [1.82, 2.24) is 0 Å². The summed E-state index contributed by atoms with van der Waals surface area (Å²) in [6.45, 7) is 7.32. The number of hydrogen-bond acceptors (Lipinski definition) is 1. The van der Waals surface area contributed by atoms with Crippen LogP contribution in [0.2, 0.25) is 0 Å². The van der Waals surface area contributed by atoms with Gasteiger partial charge in [0.05, 0.1) is 5.56 Å². The van der Waals surface area contributed by atoms with Gasteiger partial charge in [-0.25, -0.2) is 0 Å². The molecule has 0 radical (unpaired) electrons. The Morgan fingerprint density at radius 3 is 2.69 bits per heavy atom. The summed E-state index contributed by atoms with van der Waals surface area (Å²) in [5.74, 6) is 0. The van der Waals surface area contributed by atoms with E-state index in [0.717, 1.165) is 17.5 Å². The van der Waals surface area contributed by atoms with Gasteiger partial charge in [-0.2, -0.15) is 5.26 Å². The van der Waals surface area contributed by atoms with E-state index in [1.54, 1.807) is 12.2 Å². The van der Waals surface area contributed by atoms with Gasteiger partial charge in [0.25, 0.3) is 0 Å². The lowest BCUT2D eigenvalue weighted by atomic mass is 10.00. The molecule has 0 saturated carbocycles. The van der Waals surface area contributed by atoms with Crippen LogP contribution in [0.3, 0.4) is 0 Å². The third-order valence-electron chi connectivity index (χ3n) is 1.88. The molecule has 0 N–H and O–H groups in total. The van der Waals surface area contributed by atoms with Crippen LogP contribution in [-0.2, 0) is 6.42 Å². The molecule has 0 unspecified atom stereocenters. The first kappa shape index (κ1) is 9.28. The molecule has 1 aromatic rings. The maximum absolute atomic E-state index is 8.92. The van der Waals surface area contributed by atoms with E-state index in [0.29, 0.717) is 5.56 Å². The van der Waals surface area contributed by atoms with Crippen molar-refractivity contribution in [3.63, 3.8) is 0 Å². The molecule has 0 atom stereocenters. The van der Waals surface area contributed by atoms with Gasteiger partial charge in [-0.3, -0.25) is 0 Å². The summed E-state index contributed by atoms with van der Waals surface area (Å²) in [5.41, 5.74) is 2.61. The first-order chi connectivity index (χ1) is 6.33. The van der Waals surface area contributed by atoms with E-state index >= 15 is 0 Å². The zero-order valence-corrected chi connectivity index (χ0v) is 7.46. The monoisotopic (exact) mass is 169 g/mol. The summed E-state index contributed by atoms with van der Waals surface area (Å²) in [6.07, 6.45) is 4.22. The van der Waals surface area contributed by atoms with Gasteiger partial charge in [0.15, 0.2) is 0 Å². The van der Waals surface area contributed by atoms with Crippen LogP contribution in [0.1, 0.15) is 16.7 Å². The molecule has 0 fully saturated rings. The average molecular weight is 169 g/mol. The van der Waals surface area contributed by atoms with E-state index in [-0.39, 0.29) is 0 Å². The van der Waals surface area contributed by atoms with Gasteiger partial charge in [-0.1, -0.05) is 36.9 Å². The van der Waals surface area contributed by atoms with Crippen LogP contribution in [0.25, 0.3) is 6.08 Å². The number of nitrogens with zero attached hydrogens (tertiary/aromatic N) is 1. The summed E-state index contributed by atoms with van der Waals surface area (Å²) >= 11 is 0. The SMILES string of the molecule is C=CCc1cccc(C=C)c1C#N. The zero-order valence-electron chi connectivity index (χ0n) is 7.46. The lowest BCUT2D eigenvalue weighted by molar-refractivity contribution is 1.25. The molecule has 0 aliphatic heterocycles. The van der Waals surface area contributed by atoms with E-state index in [1.165, 1.54) is 0 Å². The maximum atomic E-state index is 8.92. The molecule has 13 heavy (non-hydrogen) atoms. The second kappa shape index (κ2) is 4.27. The molecule has 0 aliphatic carbocycles. The first-order valence-electron chi connectivity index (χ1n) is 4.08. The minimum absolute atomic E-state index is 0.706. The first-order valence-corrected chi connectivity index (χ1v) is 4.08. The van der Waals surface area contributed by atoms with Gasteiger partial charge in [0.2, 0.25) is 0 Å². The standard InChI is InChI=1S/C12H11N/c1-3-6-11-8-5-7-10(4-2)12(11)9-13/h3-5,7-8H,1-2,6H2. The largest absolute Gasteiger partial charge is 0.192 e. The highest BCUT2D eigenvalue weighted by molar-refractivity contribution is 5.59. The van der Waals surface area contributed by atoms with E-state index in [4.69, 9.17) is 5.26 Å². The Morgan fingerprint density at radius 1 is 1.38 bits per heavy atom. The molecule has 1 nitrogen and oxygen atoms in total. The van der Waals surface area contributed by atoms with E-state index in [9.17, 15) is 0 Å². The zero-order chi connectivity index (χ0) is 9.68. The summed E-state index contributed by atoms with van der Waals surface area (Å²) in [5, 5.41) is 8.92. The van der Waals surface area contributed by atoms with Crippen molar-refractivity contribution < 1.29 is 0 Å². The van der Waals surface area contributed by atoms with Crippen LogP contribution >= 0.6 is 0 Å². The highest BCUT2D eigenvalue weighted by atomic mass is 14.2. The molecule has 0 bridgehead atoms. The molecule has 0 spiro atoms. The Balaban J connectivity index is 3.28. The Labute approximate surface area is 78.6 Å². The van der Waals surface area contributed by atoms with Crippen molar-refractivity contribution in [3.8, 4) is 6.07 Å². The molecular weight excluding hydrogens is 158 g/mol. The van der Waals surface area contributed by atoms with Crippen LogP contribution in [0, 0.1) is 11.3 Å². The van der Waals surface area contributed by atoms with Gasteiger partial charge >= 0.3 is 0 Å². The lowest BCUT2D eigenvalue weighted by Gasteiger charge is -2.03. The van der Waals surface area contributed by atoms with E-state index in [2.05, 4.69) is 19.2 Å². The summed E-state index contributed by atoms with van der Waals surface area (Å²) < 4.78 is 0. The number of nitriles is 1. The van der Waals surface area contributed by atoms with Crippen molar-refractivity contribution in [2.45, 2.75) is 6.42 Å². The van der Waals surface area contributed by atoms with Gasteiger partial charge in [-0.15, -0.1) is 6.58 Å². The van der Waals surface area contributed by atoms with Gasteiger partial charge in [0, 0.05) is 0 Å². The number of benzene rings is 1. The average Bonchev–Trinajstić information content (AvgIpc) is 2.18. The fraction of sp³-hybridized carbons (Fsp3) is 0.0833. The second-order valence-electron chi connectivity index (χ2n) is 2.69. The maximum Gasteiger partial charge on any atom is 0.100 e. The van der Waals surface area contributed by atoms with Crippen molar-refractivity contribution >= 4 is 6.08 Å². The molecule has 0 saturated heterocycles. The minimum atomic E-state index is 0.706. The van der Waals surface area contributed by atoms with Gasteiger partial charge in [-0.05, 0) is 17.5 Å². The van der Waals surface area contributed by atoms with Crippen molar-refractivity contribution in [2.24, 2.45) is 0 Å². The number of hydrogen-bond donors (Lipinski definition) is 0. The molecule has 0 heterocycles. The Kier molecular flexibility index (Phi) is 3.05. The molecule has 0 aliphatic rings. The summed E-state index contributed by atoms with van der Waals surface area (Å²) in [4.78, 5) is 0. The van der Waals surface area contributed by atoms with Crippen LogP contribution in [0.5, 0.6) is 0 Å². The Hall–Kier alpha value is -1.81. The molecule has 0 amide bonds.